The summed E-state index contributed by atoms with van der Waals surface area (Å²) in [5, 5.41) is 3.33. The highest BCUT2D eigenvalue weighted by Crippen LogP contribution is 2.28. The van der Waals surface area contributed by atoms with Crippen molar-refractivity contribution in [2.75, 3.05) is 20.2 Å². The van der Waals surface area contributed by atoms with Gasteiger partial charge in [-0.25, -0.2) is 0 Å². The SMILES string of the molecule is COC(=O)[C@@H]1CNC[C@@H](c2ccccc2C)C1. The van der Waals surface area contributed by atoms with Crippen LogP contribution in [0.15, 0.2) is 24.3 Å². The predicted octanol–water partition coefficient (Wildman–Crippen LogP) is 1.86. The second-order valence-electron chi connectivity index (χ2n) is 4.67. The lowest BCUT2D eigenvalue weighted by atomic mass is 9.84. The third-order valence-corrected chi connectivity index (χ3v) is 3.51. The number of methoxy groups -OCH3 is 1. The molecule has 0 bridgehead atoms. The topological polar surface area (TPSA) is 38.3 Å². The van der Waals surface area contributed by atoms with Crippen molar-refractivity contribution in [1.29, 1.82) is 0 Å². The molecule has 17 heavy (non-hydrogen) atoms. The summed E-state index contributed by atoms with van der Waals surface area (Å²) >= 11 is 0. The lowest BCUT2D eigenvalue weighted by Gasteiger charge is -2.29. The molecule has 0 unspecified atom stereocenters. The minimum absolute atomic E-state index is 0.0154. The van der Waals surface area contributed by atoms with E-state index in [9.17, 15) is 4.79 Å². The first-order valence-corrected chi connectivity index (χ1v) is 6.06. The molecule has 1 fully saturated rings. The van der Waals surface area contributed by atoms with Crippen molar-refractivity contribution in [2.45, 2.75) is 19.3 Å². The number of nitrogens with one attached hydrogen (secondary N) is 1. The minimum atomic E-state index is -0.101. The predicted molar refractivity (Wildman–Crippen MR) is 66.9 cm³/mol. The Hall–Kier alpha value is -1.35. The van der Waals surface area contributed by atoms with Gasteiger partial charge >= 0.3 is 5.97 Å². The Labute approximate surface area is 102 Å². The van der Waals surface area contributed by atoms with Crippen LogP contribution in [-0.4, -0.2) is 26.2 Å². The maximum atomic E-state index is 11.6. The highest BCUT2D eigenvalue weighted by atomic mass is 16.5. The quantitative estimate of drug-likeness (QED) is 0.792. The van der Waals surface area contributed by atoms with Gasteiger partial charge in [-0.2, -0.15) is 0 Å². The van der Waals surface area contributed by atoms with Crippen LogP contribution < -0.4 is 5.32 Å². The van der Waals surface area contributed by atoms with Crippen molar-refractivity contribution in [3.8, 4) is 0 Å². The number of aryl methyl sites for hydroxylation is 1. The van der Waals surface area contributed by atoms with Gasteiger partial charge in [0, 0.05) is 13.1 Å². The van der Waals surface area contributed by atoms with Crippen molar-refractivity contribution in [3.05, 3.63) is 35.4 Å². The molecule has 92 valence electrons. The van der Waals surface area contributed by atoms with E-state index in [-0.39, 0.29) is 11.9 Å². The van der Waals surface area contributed by atoms with Gasteiger partial charge in [0.15, 0.2) is 0 Å². The summed E-state index contributed by atoms with van der Waals surface area (Å²) in [5.74, 6) is 0.295. The molecule has 1 N–H and O–H groups in total. The van der Waals surface area contributed by atoms with Crippen molar-refractivity contribution < 1.29 is 9.53 Å². The molecule has 1 aliphatic heterocycles. The van der Waals surface area contributed by atoms with E-state index in [0.29, 0.717) is 5.92 Å². The Morgan fingerprint density at radius 1 is 1.35 bits per heavy atom. The van der Waals surface area contributed by atoms with E-state index >= 15 is 0 Å². The molecule has 1 heterocycles. The Kier molecular flexibility index (Phi) is 3.79. The van der Waals surface area contributed by atoms with Crippen LogP contribution in [0.3, 0.4) is 0 Å². The van der Waals surface area contributed by atoms with E-state index in [2.05, 4.69) is 30.4 Å². The van der Waals surface area contributed by atoms with Gasteiger partial charge in [0.25, 0.3) is 0 Å². The summed E-state index contributed by atoms with van der Waals surface area (Å²) in [6, 6.07) is 8.38. The van der Waals surface area contributed by atoms with Crippen LogP contribution in [0.5, 0.6) is 0 Å². The molecule has 2 rings (SSSR count). The molecule has 1 aliphatic rings. The van der Waals surface area contributed by atoms with Crippen LogP contribution in [0.4, 0.5) is 0 Å². The summed E-state index contributed by atoms with van der Waals surface area (Å²) in [4.78, 5) is 11.6. The summed E-state index contributed by atoms with van der Waals surface area (Å²) < 4.78 is 4.83. The largest absolute Gasteiger partial charge is 0.469 e. The Morgan fingerprint density at radius 2 is 2.12 bits per heavy atom. The van der Waals surface area contributed by atoms with Gasteiger partial charge in [-0.15, -0.1) is 0 Å². The molecule has 1 aromatic rings. The van der Waals surface area contributed by atoms with E-state index in [1.54, 1.807) is 0 Å². The second kappa shape index (κ2) is 5.32. The molecule has 0 aliphatic carbocycles. The molecular weight excluding hydrogens is 214 g/mol. The van der Waals surface area contributed by atoms with Crippen LogP contribution in [0.25, 0.3) is 0 Å². The first-order valence-electron chi connectivity index (χ1n) is 6.06. The van der Waals surface area contributed by atoms with Crippen LogP contribution >= 0.6 is 0 Å². The van der Waals surface area contributed by atoms with E-state index in [4.69, 9.17) is 4.74 Å². The van der Waals surface area contributed by atoms with E-state index in [1.807, 2.05) is 6.07 Å². The number of hydrogen-bond donors (Lipinski definition) is 1. The molecule has 3 nitrogen and oxygen atoms in total. The molecule has 0 saturated carbocycles. The van der Waals surface area contributed by atoms with Crippen molar-refractivity contribution in [3.63, 3.8) is 0 Å². The fourth-order valence-electron chi connectivity index (χ4n) is 2.57. The number of hydrogen-bond acceptors (Lipinski definition) is 3. The number of carbonyl (C=O) groups is 1. The zero-order valence-electron chi connectivity index (χ0n) is 10.4. The highest BCUT2D eigenvalue weighted by molar-refractivity contribution is 5.72. The Balaban J connectivity index is 2.12. The van der Waals surface area contributed by atoms with Crippen molar-refractivity contribution in [1.82, 2.24) is 5.32 Å². The smallest absolute Gasteiger partial charge is 0.309 e. The van der Waals surface area contributed by atoms with Crippen LogP contribution in [0, 0.1) is 12.8 Å². The molecule has 0 spiro atoms. The minimum Gasteiger partial charge on any atom is -0.469 e. The number of rotatable bonds is 2. The first-order chi connectivity index (χ1) is 8.22. The maximum absolute atomic E-state index is 11.6. The van der Waals surface area contributed by atoms with Crippen LogP contribution in [-0.2, 0) is 9.53 Å². The zero-order valence-corrected chi connectivity index (χ0v) is 10.4. The Bertz CT molecular complexity index is 403. The molecule has 0 radical (unpaired) electrons. The molecule has 1 saturated heterocycles. The molecule has 2 atom stereocenters. The summed E-state index contributed by atoms with van der Waals surface area (Å²) in [6.45, 7) is 3.80. The molecule has 0 aromatic heterocycles. The third kappa shape index (κ3) is 2.67. The number of ether oxygens (including phenoxy) is 1. The zero-order chi connectivity index (χ0) is 12.3. The first kappa shape index (κ1) is 12.1. The van der Waals surface area contributed by atoms with E-state index in [0.717, 1.165) is 19.5 Å². The summed E-state index contributed by atoms with van der Waals surface area (Å²) in [6.07, 6.45) is 0.879. The number of carbonyl (C=O) groups excluding carboxylic acids is 1. The van der Waals surface area contributed by atoms with Gasteiger partial charge in [-0.1, -0.05) is 24.3 Å². The lowest BCUT2D eigenvalue weighted by Crippen LogP contribution is -2.39. The van der Waals surface area contributed by atoms with Gasteiger partial charge in [0.2, 0.25) is 0 Å². The van der Waals surface area contributed by atoms with Gasteiger partial charge < -0.3 is 10.1 Å². The van der Waals surface area contributed by atoms with E-state index in [1.165, 1.54) is 18.2 Å². The van der Waals surface area contributed by atoms with Gasteiger partial charge in [0.1, 0.15) is 0 Å². The maximum Gasteiger partial charge on any atom is 0.309 e. The monoisotopic (exact) mass is 233 g/mol. The number of benzene rings is 1. The molecule has 1 aromatic carbocycles. The molecule has 0 amide bonds. The Morgan fingerprint density at radius 3 is 2.82 bits per heavy atom. The summed E-state index contributed by atoms with van der Waals surface area (Å²) in [5.41, 5.74) is 2.64. The van der Waals surface area contributed by atoms with E-state index < -0.39 is 0 Å². The van der Waals surface area contributed by atoms with Crippen molar-refractivity contribution >= 4 is 5.97 Å². The normalized spacial score (nSPS) is 24.4. The van der Waals surface area contributed by atoms with Gasteiger partial charge in [-0.3, -0.25) is 4.79 Å². The number of piperidine rings is 1. The van der Waals surface area contributed by atoms with Crippen LogP contribution in [0.1, 0.15) is 23.5 Å². The average molecular weight is 233 g/mol. The molecule has 3 heteroatoms. The molecular formula is C14H19NO2. The fourth-order valence-corrected chi connectivity index (χ4v) is 2.57. The average Bonchev–Trinajstić information content (AvgIpc) is 2.38. The lowest BCUT2D eigenvalue weighted by molar-refractivity contribution is -0.146. The van der Waals surface area contributed by atoms with Crippen molar-refractivity contribution in [2.24, 2.45) is 5.92 Å². The third-order valence-electron chi connectivity index (χ3n) is 3.51. The summed E-state index contributed by atoms with van der Waals surface area (Å²) in [7, 11) is 1.46. The number of esters is 1. The van der Waals surface area contributed by atoms with Gasteiger partial charge in [-0.05, 0) is 30.4 Å². The fraction of sp³-hybridized carbons (Fsp3) is 0.500. The van der Waals surface area contributed by atoms with Crippen LogP contribution in [0.2, 0.25) is 0 Å². The highest BCUT2D eigenvalue weighted by Gasteiger charge is 2.28. The van der Waals surface area contributed by atoms with Gasteiger partial charge in [0.05, 0.1) is 13.0 Å². The standard InChI is InChI=1S/C14H19NO2/c1-10-5-3-4-6-13(10)11-7-12(9-15-8-11)14(16)17-2/h3-6,11-12,15H,7-9H2,1-2H3/t11-,12-/m0/s1. The second-order valence-corrected chi connectivity index (χ2v) is 4.67.